The largest absolute Gasteiger partial charge is 0.481 e. The van der Waals surface area contributed by atoms with Gasteiger partial charge in [0.25, 0.3) is 0 Å². The number of carboxylic acids is 1. The molecule has 0 aromatic heterocycles. The Balaban J connectivity index is 4.50. The average molecular weight is 290 g/mol. The highest BCUT2D eigenvalue weighted by Gasteiger charge is 2.27. The smallest absolute Gasteiger partial charge is 0.318 e. The predicted octanol–water partition coefficient (Wildman–Crippen LogP) is 2.41. The van der Waals surface area contributed by atoms with Crippen molar-refractivity contribution in [2.75, 3.05) is 18.6 Å². The van der Waals surface area contributed by atoms with Gasteiger partial charge in [0.1, 0.15) is 0 Å². The Morgan fingerprint density at radius 1 is 1.37 bits per heavy atom. The summed E-state index contributed by atoms with van der Waals surface area (Å²) in [5.41, 5.74) is -0.390. The molecule has 0 fully saturated rings. The first-order valence-corrected chi connectivity index (χ1v) is 7.86. The van der Waals surface area contributed by atoms with Crippen molar-refractivity contribution in [2.24, 2.45) is 0 Å². The van der Waals surface area contributed by atoms with E-state index in [2.05, 4.69) is 5.32 Å². The molecule has 1 atom stereocenters. The third-order valence-corrected chi connectivity index (χ3v) is 3.37. The minimum absolute atomic E-state index is 0.0378. The first-order valence-electron chi connectivity index (χ1n) is 6.47. The average Bonchev–Trinajstić information content (AvgIpc) is 2.24. The summed E-state index contributed by atoms with van der Waals surface area (Å²) in [4.78, 5) is 24.4. The third kappa shape index (κ3) is 7.97. The van der Waals surface area contributed by atoms with Gasteiger partial charge in [-0.3, -0.25) is 4.79 Å². The standard InChI is InChI=1S/C13H26N2O3S/c1-10(7-9-19-5)14-12(18)15(13(2,3)4)8-6-11(16)17/h10H,6-9H2,1-5H3,(H,14,18)(H,16,17). The van der Waals surface area contributed by atoms with Gasteiger partial charge in [0, 0.05) is 18.1 Å². The summed E-state index contributed by atoms with van der Waals surface area (Å²) < 4.78 is 0. The first-order chi connectivity index (χ1) is 8.68. The van der Waals surface area contributed by atoms with E-state index < -0.39 is 11.5 Å². The number of carbonyl (C=O) groups is 2. The van der Waals surface area contributed by atoms with E-state index in [0.717, 1.165) is 12.2 Å². The van der Waals surface area contributed by atoms with Gasteiger partial charge in [-0.1, -0.05) is 0 Å². The Kier molecular flexibility index (Phi) is 7.90. The van der Waals surface area contributed by atoms with Crippen LogP contribution in [0, 0.1) is 0 Å². The van der Waals surface area contributed by atoms with E-state index in [1.165, 1.54) is 0 Å². The molecule has 5 nitrogen and oxygen atoms in total. The number of carbonyl (C=O) groups excluding carboxylic acids is 1. The summed E-state index contributed by atoms with van der Waals surface area (Å²) in [5.74, 6) is 0.101. The molecule has 19 heavy (non-hydrogen) atoms. The van der Waals surface area contributed by atoms with Crippen LogP contribution in [0.15, 0.2) is 0 Å². The fraction of sp³-hybridized carbons (Fsp3) is 0.846. The fourth-order valence-corrected chi connectivity index (χ4v) is 2.19. The second-order valence-electron chi connectivity index (χ2n) is 5.60. The number of nitrogens with one attached hydrogen (secondary N) is 1. The van der Waals surface area contributed by atoms with Gasteiger partial charge in [-0.25, -0.2) is 4.79 Å². The Morgan fingerprint density at radius 2 is 1.95 bits per heavy atom. The maximum atomic E-state index is 12.2. The molecule has 112 valence electrons. The lowest BCUT2D eigenvalue weighted by Crippen LogP contribution is -2.53. The number of carboxylic acid groups (broad SMARTS) is 1. The lowest BCUT2D eigenvalue weighted by Gasteiger charge is -2.36. The van der Waals surface area contributed by atoms with Crippen molar-refractivity contribution >= 4 is 23.8 Å². The number of thioether (sulfide) groups is 1. The minimum atomic E-state index is -0.891. The van der Waals surface area contributed by atoms with Gasteiger partial charge in [-0.2, -0.15) is 11.8 Å². The third-order valence-electron chi connectivity index (χ3n) is 2.73. The SMILES string of the molecule is CSCCC(C)NC(=O)N(CCC(=O)O)C(C)(C)C. The molecule has 2 amide bonds. The molecule has 0 aromatic rings. The maximum absolute atomic E-state index is 12.2. The Hall–Kier alpha value is -0.910. The van der Waals surface area contributed by atoms with Crippen molar-refractivity contribution in [2.45, 2.75) is 52.1 Å². The molecule has 0 saturated heterocycles. The van der Waals surface area contributed by atoms with Crippen LogP contribution in [-0.4, -0.2) is 52.1 Å². The summed E-state index contributed by atoms with van der Waals surface area (Å²) in [6.45, 7) is 7.90. The number of aliphatic carboxylic acids is 1. The zero-order valence-electron chi connectivity index (χ0n) is 12.5. The van der Waals surface area contributed by atoms with Crippen LogP contribution in [0.3, 0.4) is 0 Å². The molecule has 0 rings (SSSR count). The fourth-order valence-electron chi connectivity index (χ4n) is 1.60. The quantitative estimate of drug-likeness (QED) is 0.755. The second-order valence-corrected chi connectivity index (χ2v) is 6.58. The van der Waals surface area contributed by atoms with Crippen molar-refractivity contribution in [3.05, 3.63) is 0 Å². The van der Waals surface area contributed by atoms with Crippen molar-refractivity contribution in [1.82, 2.24) is 10.2 Å². The predicted molar refractivity (Wildman–Crippen MR) is 79.7 cm³/mol. The van der Waals surface area contributed by atoms with E-state index in [4.69, 9.17) is 5.11 Å². The van der Waals surface area contributed by atoms with Crippen molar-refractivity contribution in [1.29, 1.82) is 0 Å². The molecule has 0 aliphatic rings. The highest BCUT2D eigenvalue weighted by Crippen LogP contribution is 2.14. The summed E-state index contributed by atoms with van der Waals surface area (Å²) >= 11 is 1.74. The van der Waals surface area contributed by atoms with E-state index in [-0.39, 0.29) is 25.0 Å². The van der Waals surface area contributed by atoms with E-state index in [0.29, 0.717) is 0 Å². The number of rotatable bonds is 7. The van der Waals surface area contributed by atoms with E-state index in [9.17, 15) is 9.59 Å². The zero-order chi connectivity index (χ0) is 15.1. The number of amides is 2. The van der Waals surface area contributed by atoms with Crippen LogP contribution in [-0.2, 0) is 4.79 Å². The van der Waals surface area contributed by atoms with Crippen molar-refractivity contribution in [3.8, 4) is 0 Å². The molecular formula is C13H26N2O3S. The van der Waals surface area contributed by atoms with Crippen LogP contribution in [0.1, 0.15) is 40.5 Å². The molecule has 0 saturated carbocycles. The normalized spacial score (nSPS) is 12.9. The summed E-state index contributed by atoms with van der Waals surface area (Å²) in [6.07, 6.45) is 2.90. The lowest BCUT2D eigenvalue weighted by molar-refractivity contribution is -0.137. The molecule has 0 radical (unpaired) electrons. The van der Waals surface area contributed by atoms with E-state index in [1.54, 1.807) is 16.7 Å². The molecule has 0 aromatic carbocycles. The summed E-state index contributed by atoms with van der Waals surface area (Å²) in [5, 5.41) is 11.7. The summed E-state index contributed by atoms with van der Waals surface area (Å²) in [7, 11) is 0. The molecule has 2 N–H and O–H groups in total. The molecule has 0 aliphatic heterocycles. The summed E-state index contributed by atoms with van der Waals surface area (Å²) in [6, 6.07) is -0.100. The molecule has 0 heterocycles. The van der Waals surface area contributed by atoms with Crippen molar-refractivity contribution < 1.29 is 14.7 Å². The van der Waals surface area contributed by atoms with Crippen LogP contribution in [0.5, 0.6) is 0 Å². The van der Waals surface area contributed by atoms with E-state index >= 15 is 0 Å². The molecular weight excluding hydrogens is 264 g/mol. The number of urea groups is 1. The van der Waals surface area contributed by atoms with Crippen LogP contribution < -0.4 is 5.32 Å². The van der Waals surface area contributed by atoms with Crippen LogP contribution >= 0.6 is 11.8 Å². The molecule has 0 bridgehead atoms. The van der Waals surface area contributed by atoms with Crippen LogP contribution in [0.25, 0.3) is 0 Å². The first kappa shape index (κ1) is 18.1. The number of hydrogen-bond acceptors (Lipinski definition) is 3. The van der Waals surface area contributed by atoms with Crippen molar-refractivity contribution in [3.63, 3.8) is 0 Å². The molecule has 6 heteroatoms. The maximum Gasteiger partial charge on any atom is 0.318 e. The van der Waals surface area contributed by atoms with Gasteiger partial charge >= 0.3 is 12.0 Å². The Morgan fingerprint density at radius 3 is 2.37 bits per heavy atom. The second kappa shape index (κ2) is 8.30. The Labute approximate surface area is 120 Å². The number of nitrogens with zero attached hydrogens (tertiary/aromatic N) is 1. The number of hydrogen-bond donors (Lipinski definition) is 2. The lowest BCUT2D eigenvalue weighted by atomic mass is 10.1. The van der Waals surface area contributed by atoms with Gasteiger partial charge in [-0.15, -0.1) is 0 Å². The zero-order valence-corrected chi connectivity index (χ0v) is 13.3. The molecule has 0 spiro atoms. The Bertz CT molecular complexity index is 303. The highest BCUT2D eigenvalue weighted by atomic mass is 32.2. The van der Waals surface area contributed by atoms with Gasteiger partial charge in [0.2, 0.25) is 0 Å². The molecule has 0 aliphatic carbocycles. The van der Waals surface area contributed by atoms with Gasteiger partial charge < -0.3 is 15.3 Å². The van der Waals surface area contributed by atoms with Crippen LogP contribution in [0.2, 0.25) is 0 Å². The van der Waals surface area contributed by atoms with Gasteiger partial charge in [-0.05, 0) is 46.1 Å². The topological polar surface area (TPSA) is 69.6 Å². The molecule has 1 unspecified atom stereocenters. The monoisotopic (exact) mass is 290 g/mol. The minimum Gasteiger partial charge on any atom is -0.481 e. The van der Waals surface area contributed by atoms with Gasteiger partial charge in [0.05, 0.1) is 6.42 Å². The van der Waals surface area contributed by atoms with Gasteiger partial charge in [0.15, 0.2) is 0 Å². The van der Waals surface area contributed by atoms with E-state index in [1.807, 2.05) is 34.0 Å². The van der Waals surface area contributed by atoms with Crippen LogP contribution in [0.4, 0.5) is 4.79 Å². The highest BCUT2D eigenvalue weighted by molar-refractivity contribution is 7.98.